The molecule has 4 nitrogen and oxygen atoms in total. The number of hydrogen-bond acceptors (Lipinski definition) is 5. The molecule has 0 radical (unpaired) electrons. The Morgan fingerprint density at radius 3 is 2.12 bits per heavy atom. The molecule has 0 unspecified atom stereocenters. The summed E-state index contributed by atoms with van der Waals surface area (Å²) in [6.07, 6.45) is 1.95. The summed E-state index contributed by atoms with van der Waals surface area (Å²) in [5, 5.41) is 0.0375. The van der Waals surface area contributed by atoms with E-state index in [1.165, 1.54) is 11.8 Å². The van der Waals surface area contributed by atoms with Crippen LogP contribution in [0.25, 0.3) is 6.08 Å². The molecule has 2 rings (SSSR count). The first-order valence-electron chi connectivity index (χ1n) is 8.44. The van der Waals surface area contributed by atoms with E-state index in [4.69, 9.17) is 20.9 Å². The van der Waals surface area contributed by atoms with Crippen LogP contribution >= 0.6 is 23.4 Å². The third-order valence-corrected chi connectivity index (χ3v) is 5.83. The summed E-state index contributed by atoms with van der Waals surface area (Å²) in [7, 11) is -0.518. The first kappa shape index (κ1) is 21.2. The molecule has 26 heavy (non-hydrogen) atoms. The van der Waals surface area contributed by atoms with Crippen LogP contribution < -0.4 is 0 Å². The van der Waals surface area contributed by atoms with Crippen molar-refractivity contribution in [3.8, 4) is 0 Å². The van der Waals surface area contributed by atoms with Gasteiger partial charge in [-0.3, -0.25) is 9.59 Å². The van der Waals surface area contributed by atoms with Gasteiger partial charge in [-0.1, -0.05) is 42.1 Å². The first-order valence-corrected chi connectivity index (χ1v) is 9.96. The second-order valence-electron chi connectivity index (χ2n) is 7.27. The van der Waals surface area contributed by atoms with Crippen LogP contribution in [-0.4, -0.2) is 40.9 Å². The quantitative estimate of drug-likeness (QED) is 0.406. The molecular formula is C19H24BClO4S. The van der Waals surface area contributed by atoms with Gasteiger partial charge in [0.15, 0.2) is 10.9 Å². The van der Waals surface area contributed by atoms with Crippen LogP contribution in [0.1, 0.15) is 50.5 Å². The van der Waals surface area contributed by atoms with E-state index in [9.17, 15) is 9.59 Å². The van der Waals surface area contributed by atoms with Crippen molar-refractivity contribution in [2.75, 3.05) is 11.6 Å². The molecule has 7 heteroatoms. The molecule has 1 aromatic rings. The molecule has 0 spiro atoms. The lowest BCUT2D eigenvalue weighted by Gasteiger charge is -2.32. The van der Waals surface area contributed by atoms with E-state index in [1.807, 2.05) is 45.9 Å². The molecule has 0 amide bonds. The molecule has 0 atom stereocenters. The SMILES string of the molecule is CC(=O)SCC(=Cc1ccc(C(=O)CCl)cc1)B1OC(C)(C)C(C)(C)O1. The topological polar surface area (TPSA) is 52.6 Å². The highest BCUT2D eigenvalue weighted by Crippen LogP contribution is 2.39. The maximum Gasteiger partial charge on any atom is 0.491 e. The summed E-state index contributed by atoms with van der Waals surface area (Å²) in [4.78, 5) is 23.1. The van der Waals surface area contributed by atoms with Gasteiger partial charge in [-0.05, 0) is 38.7 Å². The van der Waals surface area contributed by atoms with Crippen LogP contribution in [0.2, 0.25) is 0 Å². The third-order valence-electron chi connectivity index (χ3n) is 4.70. The molecule has 140 valence electrons. The van der Waals surface area contributed by atoms with Gasteiger partial charge < -0.3 is 9.31 Å². The Morgan fingerprint density at radius 1 is 1.12 bits per heavy atom. The Balaban J connectivity index is 2.28. The summed E-state index contributed by atoms with van der Waals surface area (Å²) < 4.78 is 12.2. The maximum atomic E-state index is 11.6. The van der Waals surface area contributed by atoms with Gasteiger partial charge in [0, 0.05) is 18.2 Å². The molecule has 0 bridgehead atoms. The van der Waals surface area contributed by atoms with Gasteiger partial charge in [0.1, 0.15) is 0 Å². The van der Waals surface area contributed by atoms with E-state index >= 15 is 0 Å². The summed E-state index contributed by atoms with van der Waals surface area (Å²) >= 11 is 6.81. The van der Waals surface area contributed by atoms with E-state index in [0.717, 1.165) is 11.0 Å². The van der Waals surface area contributed by atoms with E-state index in [0.29, 0.717) is 11.3 Å². The number of benzene rings is 1. The fraction of sp³-hybridized carbons (Fsp3) is 0.474. The zero-order valence-corrected chi connectivity index (χ0v) is 17.4. The van der Waals surface area contributed by atoms with Gasteiger partial charge in [0.2, 0.25) is 0 Å². The Morgan fingerprint density at radius 2 is 1.65 bits per heavy atom. The molecule has 0 saturated carbocycles. The number of Topliss-reactive ketones (excluding diaryl/α,β-unsaturated/α-hetero) is 1. The van der Waals surface area contributed by atoms with E-state index < -0.39 is 18.3 Å². The van der Waals surface area contributed by atoms with Crippen LogP contribution in [0.3, 0.4) is 0 Å². The first-order chi connectivity index (χ1) is 12.1. The Kier molecular flexibility index (Phi) is 6.78. The average Bonchev–Trinajstić information content (AvgIpc) is 2.78. The lowest BCUT2D eigenvalue weighted by molar-refractivity contribution is -0.109. The molecule has 1 aliphatic rings. The smallest absolute Gasteiger partial charge is 0.400 e. The van der Waals surface area contributed by atoms with E-state index in [-0.39, 0.29) is 16.8 Å². The van der Waals surface area contributed by atoms with Crippen LogP contribution in [0, 0.1) is 0 Å². The summed E-state index contributed by atoms with van der Waals surface area (Å²) in [5.41, 5.74) is 1.46. The van der Waals surface area contributed by atoms with Gasteiger partial charge >= 0.3 is 7.12 Å². The monoisotopic (exact) mass is 394 g/mol. The number of alkyl halides is 1. The average molecular weight is 395 g/mol. The highest BCUT2D eigenvalue weighted by molar-refractivity contribution is 8.13. The highest BCUT2D eigenvalue weighted by atomic mass is 35.5. The van der Waals surface area contributed by atoms with Crippen LogP contribution in [0.4, 0.5) is 0 Å². The zero-order chi connectivity index (χ0) is 19.5. The minimum absolute atomic E-state index is 0.0375. The van der Waals surface area contributed by atoms with Crippen molar-refractivity contribution >= 4 is 47.5 Å². The van der Waals surface area contributed by atoms with Crippen molar-refractivity contribution in [1.82, 2.24) is 0 Å². The Hall–Kier alpha value is -1.08. The predicted molar refractivity (Wildman–Crippen MR) is 109 cm³/mol. The number of rotatable bonds is 6. The fourth-order valence-corrected chi connectivity index (χ4v) is 3.16. The normalized spacial score (nSPS) is 18.8. The zero-order valence-electron chi connectivity index (χ0n) is 15.8. The van der Waals surface area contributed by atoms with Gasteiger partial charge in [0.25, 0.3) is 0 Å². The fourth-order valence-electron chi connectivity index (χ4n) is 2.41. The largest absolute Gasteiger partial charge is 0.491 e. The summed E-state index contributed by atoms with van der Waals surface area (Å²) in [6.45, 7) is 9.52. The van der Waals surface area contributed by atoms with E-state index in [2.05, 4.69) is 0 Å². The minimum Gasteiger partial charge on any atom is -0.400 e. The molecule has 1 aliphatic heterocycles. The number of ketones is 1. The lowest BCUT2D eigenvalue weighted by Crippen LogP contribution is -2.41. The van der Waals surface area contributed by atoms with Gasteiger partial charge in [0.05, 0.1) is 17.1 Å². The predicted octanol–water partition coefficient (Wildman–Crippen LogP) is 4.40. The van der Waals surface area contributed by atoms with Gasteiger partial charge in [-0.15, -0.1) is 11.6 Å². The molecule has 1 saturated heterocycles. The molecule has 0 N–H and O–H groups in total. The molecule has 1 fully saturated rings. The number of thioether (sulfide) groups is 1. The van der Waals surface area contributed by atoms with Crippen molar-refractivity contribution < 1.29 is 18.9 Å². The van der Waals surface area contributed by atoms with Crippen molar-refractivity contribution in [3.63, 3.8) is 0 Å². The number of hydrogen-bond donors (Lipinski definition) is 0. The third kappa shape index (κ3) is 5.00. The second-order valence-corrected chi connectivity index (χ2v) is 8.69. The van der Waals surface area contributed by atoms with Crippen LogP contribution in [-0.2, 0) is 14.1 Å². The van der Waals surface area contributed by atoms with Crippen molar-refractivity contribution in [2.24, 2.45) is 0 Å². The summed E-state index contributed by atoms with van der Waals surface area (Å²) in [5.74, 6) is 0.332. The Labute approximate surface area is 164 Å². The van der Waals surface area contributed by atoms with Crippen LogP contribution in [0.5, 0.6) is 0 Å². The van der Waals surface area contributed by atoms with Crippen molar-refractivity contribution in [2.45, 2.75) is 45.8 Å². The highest BCUT2D eigenvalue weighted by Gasteiger charge is 2.52. The molecular weight excluding hydrogens is 371 g/mol. The lowest BCUT2D eigenvalue weighted by atomic mass is 9.78. The Bertz CT molecular complexity index is 697. The molecule has 0 aliphatic carbocycles. The van der Waals surface area contributed by atoms with Gasteiger partial charge in [-0.2, -0.15) is 0 Å². The molecule has 1 aromatic carbocycles. The van der Waals surface area contributed by atoms with Crippen molar-refractivity contribution in [3.05, 3.63) is 40.9 Å². The minimum atomic E-state index is -0.518. The molecule has 0 aromatic heterocycles. The van der Waals surface area contributed by atoms with Crippen LogP contribution in [0.15, 0.2) is 29.7 Å². The molecule has 1 heterocycles. The number of halogens is 1. The van der Waals surface area contributed by atoms with Gasteiger partial charge in [-0.25, -0.2) is 0 Å². The standard InChI is InChI=1S/C19H24BClO4S/c1-13(22)26-12-16(20-24-18(2,3)19(4,5)25-20)10-14-6-8-15(9-7-14)17(23)11-21/h6-10H,11-12H2,1-5H3. The summed E-state index contributed by atoms with van der Waals surface area (Å²) in [6, 6.07) is 7.19. The number of carbonyl (C=O) groups excluding carboxylic acids is 2. The second kappa shape index (κ2) is 8.30. The maximum absolute atomic E-state index is 11.6. The van der Waals surface area contributed by atoms with E-state index in [1.54, 1.807) is 19.1 Å². The van der Waals surface area contributed by atoms with Crippen molar-refractivity contribution in [1.29, 1.82) is 0 Å². The number of carbonyl (C=O) groups is 2.